The van der Waals surface area contributed by atoms with Crippen LogP contribution in [-0.2, 0) is 6.42 Å². The Kier molecular flexibility index (Phi) is 3.69. The van der Waals surface area contributed by atoms with Crippen molar-refractivity contribution >= 4 is 11.5 Å². The van der Waals surface area contributed by atoms with Crippen LogP contribution < -0.4 is 0 Å². The largest absolute Gasteiger partial charge is 0.305 e. The van der Waals surface area contributed by atoms with E-state index >= 15 is 0 Å². The molecule has 128 valence electrons. The van der Waals surface area contributed by atoms with Gasteiger partial charge in [0.1, 0.15) is 0 Å². The lowest BCUT2D eigenvalue weighted by Gasteiger charge is -2.37. The van der Waals surface area contributed by atoms with Gasteiger partial charge in [-0.15, -0.1) is 0 Å². The molecule has 5 heteroatoms. The molecule has 0 aromatic heterocycles. The number of nitro groups is 1. The lowest BCUT2D eigenvalue weighted by atomic mass is 9.63. The molecule has 0 N–H and O–H groups in total. The number of carbonyl (C=O) groups excluding carboxylic acids is 1. The molecule has 0 amide bonds. The van der Waals surface area contributed by atoms with Gasteiger partial charge in [-0.2, -0.15) is 0 Å². The van der Waals surface area contributed by atoms with Crippen LogP contribution in [0.25, 0.3) is 0 Å². The fourth-order valence-electron chi connectivity index (χ4n) is 4.60. The van der Waals surface area contributed by atoms with E-state index in [1.807, 2.05) is 37.4 Å². The van der Waals surface area contributed by atoms with E-state index in [9.17, 15) is 14.9 Å². The van der Waals surface area contributed by atoms with Gasteiger partial charge in [0.2, 0.25) is 0 Å². The number of hydrogen-bond donors (Lipinski definition) is 0. The fraction of sp³-hybridized carbons (Fsp3) is 0.350. The maximum Gasteiger partial charge on any atom is 0.269 e. The first kappa shape index (κ1) is 16.0. The summed E-state index contributed by atoms with van der Waals surface area (Å²) in [6.07, 6.45) is 1.67. The number of likely N-dealkylation sites (N-methyl/N-ethyl adjacent to an activating group) is 1. The van der Waals surface area contributed by atoms with Crippen LogP contribution in [0.3, 0.4) is 0 Å². The van der Waals surface area contributed by atoms with E-state index < -0.39 is 5.41 Å². The second-order valence-electron chi connectivity index (χ2n) is 7.24. The molecule has 1 aliphatic heterocycles. The predicted octanol–water partition coefficient (Wildman–Crippen LogP) is 3.44. The summed E-state index contributed by atoms with van der Waals surface area (Å²) in [4.78, 5) is 26.4. The summed E-state index contributed by atoms with van der Waals surface area (Å²) >= 11 is 0. The summed E-state index contributed by atoms with van der Waals surface area (Å²) in [5, 5.41) is 11.2. The van der Waals surface area contributed by atoms with Crippen molar-refractivity contribution in [3.05, 3.63) is 75.3 Å². The minimum atomic E-state index is -0.488. The van der Waals surface area contributed by atoms with Crippen molar-refractivity contribution in [1.82, 2.24) is 4.90 Å². The van der Waals surface area contributed by atoms with Crippen LogP contribution in [-0.4, -0.2) is 35.7 Å². The summed E-state index contributed by atoms with van der Waals surface area (Å²) in [5.74, 6) is 0.175. The van der Waals surface area contributed by atoms with Gasteiger partial charge in [-0.3, -0.25) is 14.9 Å². The van der Waals surface area contributed by atoms with Crippen molar-refractivity contribution in [2.45, 2.75) is 18.8 Å². The first-order valence-corrected chi connectivity index (χ1v) is 8.57. The van der Waals surface area contributed by atoms with Gasteiger partial charge in [0.15, 0.2) is 5.78 Å². The Morgan fingerprint density at radius 1 is 1.20 bits per heavy atom. The average Bonchev–Trinajstić information content (AvgIpc) is 2.96. The summed E-state index contributed by atoms with van der Waals surface area (Å²) in [6, 6.07) is 14.6. The highest BCUT2D eigenvalue weighted by Gasteiger charge is 2.53. The van der Waals surface area contributed by atoms with Crippen LogP contribution in [0.15, 0.2) is 48.5 Å². The Morgan fingerprint density at radius 3 is 2.80 bits per heavy atom. The maximum absolute atomic E-state index is 13.4. The van der Waals surface area contributed by atoms with Gasteiger partial charge in [0.25, 0.3) is 5.69 Å². The molecule has 0 bridgehead atoms. The van der Waals surface area contributed by atoms with E-state index in [1.165, 1.54) is 6.07 Å². The van der Waals surface area contributed by atoms with Gasteiger partial charge < -0.3 is 4.90 Å². The molecule has 4 rings (SSSR count). The van der Waals surface area contributed by atoms with Crippen molar-refractivity contribution in [2.24, 2.45) is 5.41 Å². The first-order valence-electron chi connectivity index (χ1n) is 8.57. The molecule has 1 aliphatic carbocycles. The third kappa shape index (κ3) is 2.46. The molecule has 2 aliphatic rings. The molecule has 0 radical (unpaired) electrons. The highest BCUT2D eigenvalue weighted by atomic mass is 16.6. The number of ketones is 1. The molecule has 1 spiro atoms. The van der Waals surface area contributed by atoms with Crippen LogP contribution in [0, 0.1) is 15.5 Å². The molecule has 1 saturated heterocycles. The number of aryl methyl sites for hydroxylation is 1. The molecule has 1 heterocycles. The zero-order valence-corrected chi connectivity index (χ0v) is 14.1. The first-order chi connectivity index (χ1) is 12.0. The van der Waals surface area contributed by atoms with Crippen molar-refractivity contribution in [2.75, 3.05) is 20.1 Å². The number of nitrogens with zero attached hydrogens (tertiary/aromatic N) is 2. The Morgan fingerprint density at radius 2 is 2.00 bits per heavy atom. The molecule has 25 heavy (non-hydrogen) atoms. The molecule has 0 unspecified atom stereocenters. The highest BCUT2D eigenvalue weighted by Crippen LogP contribution is 2.50. The number of nitro benzene ring substituents is 1. The third-order valence-electron chi connectivity index (χ3n) is 5.75. The lowest BCUT2D eigenvalue weighted by molar-refractivity contribution is -0.384. The Bertz CT molecular complexity index is 864. The zero-order valence-electron chi connectivity index (χ0n) is 14.1. The maximum atomic E-state index is 13.4. The molecular weight excluding hydrogens is 316 g/mol. The Labute approximate surface area is 146 Å². The topological polar surface area (TPSA) is 63.4 Å². The van der Waals surface area contributed by atoms with Gasteiger partial charge >= 0.3 is 0 Å². The molecule has 2 aromatic carbocycles. The van der Waals surface area contributed by atoms with Gasteiger partial charge in [-0.05, 0) is 31.0 Å². The summed E-state index contributed by atoms with van der Waals surface area (Å²) in [6.45, 7) is 1.45. The number of Topliss-reactive ketones (excluding diaryl/α,β-unsaturated/α-hetero) is 1. The molecule has 1 fully saturated rings. The average molecular weight is 336 g/mol. The zero-order chi connectivity index (χ0) is 17.6. The number of fused-ring (bicyclic) bond motifs is 1. The van der Waals surface area contributed by atoms with Crippen molar-refractivity contribution in [1.29, 1.82) is 0 Å². The highest BCUT2D eigenvalue weighted by molar-refractivity contribution is 6.04. The number of rotatable bonds is 2. The normalized spacial score (nSPS) is 26.0. The Hall–Kier alpha value is -2.53. The number of benzene rings is 2. The lowest BCUT2D eigenvalue weighted by Crippen LogP contribution is -2.41. The van der Waals surface area contributed by atoms with Crippen molar-refractivity contribution in [3.8, 4) is 0 Å². The molecule has 0 saturated carbocycles. The van der Waals surface area contributed by atoms with Crippen LogP contribution in [0.5, 0.6) is 0 Å². The summed E-state index contributed by atoms with van der Waals surface area (Å²) < 4.78 is 0. The second-order valence-corrected chi connectivity index (χ2v) is 7.24. The number of likely N-dealkylation sites (tertiary alicyclic amines) is 1. The molecule has 2 atom stereocenters. The minimum absolute atomic E-state index is 0.0155. The van der Waals surface area contributed by atoms with Crippen LogP contribution in [0.1, 0.15) is 33.8 Å². The number of carbonyl (C=O) groups is 1. The fourth-order valence-corrected chi connectivity index (χ4v) is 4.60. The summed E-state index contributed by atoms with van der Waals surface area (Å²) in [5.41, 5.74) is 2.43. The van der Waals surface area contributed by atoms with E-state index in [-0.39, 0.29) is 22.3 Å². The van der Waals surface area contributed by atoms with Gasteiger partial charge in [-0.25, -0.2) is 0 Å². The monoisotopic (exact) mass is 336 g/mol. The van der Waals surface area contributed by atoms with Crippen LogP contribution >= 0.6 is 0 Å². The predicted molar refractivity (Wildman–Crippen MR) is 94.9 cm³/mol. The molecule has 2 aromatic rings. The minimum Gasteiger partial charge on any atom is -0.305 e. The van der Waals surface area contributed by atoms with E-state index in [4.69, 9.17) is 0 Å². The van der Waals surface area contributed by atoms with Gasteiger partial charge in [-0.1, -0.05) is 36.4 Å². The van der Waals surface area contributed by atoms with Crippen molar-refractivity contribution < 1.29 is 9.72 Å². The Balaban J connectivity index is 1.80. The van der Waals surface area contributed by atoms with E-state index in [0.29, 0.717) is 6.54 Å². The van der Waals surface area contributed by atoms with Crippen LogP contribution in [0.2, 0.25) is 0 Å². The number of non-ortho nitro benzene ring substituents is 1. The smallest absolute Gasteiger partial charge is 0.269 e. The third-order valence-corrected chi connectivity index (χ3v) is 5.75. The van der Waals surface area contributed by atoms with Gasteiger partial charge in [0.05, 0.1) is 10.3 Å². The quantitative estimate of drug-likeness (QED) is 0.622. The standard InChI is InChI=1S/C20H20N2O3/c1-21-12-18(15-6-4-7-16(11-15)22(24)25)20(13-21)10-9-14-5-2-3-8-17(14)19(20)23/h2-8,11,18H,9-10,12-13H2,1H3/t18-,20+/m0/s1. The van der Waals surface area contributed by atoms with Crippen molar-refractivity contribution in [3.63, 3.8) is 0 Å². The number of hydrogen-bond acceptors (Lipinski definition) is 4. The van der Waals surface area contributed by atoms with Crippen LogP contribution in [0.4, 0.5) is 5.69 Å². The van der Waals surface area contributed by atoms with Gasteiger partial charge in [0, 0.05) is 36.7 Å². The second kappa shape index (κ2) is 5.77. The van der Waals surface area contributed by atoms with E-state index in [0.717, 1.165) is 36.1 Å². The molecular formula is C20H20N2O3. The van der Waals surface area contributed by atoms with E-state index in [2.05, 4.69) is 4.90 Å². The van der Waals surface area contributed by atoms with E-state index in [1.54, 1.807) is 12.1 Å². The SMILES string of the molecule is CN1C[C@@H](c2cccc([N+](=O)[O-])c2)[C@@]2(CCc3ccccc3C2=O)C1. The summed E-state index contributed by atoms with van der Waals surface area (Å²) in [7, 11) is 2.02. The molecule has 5 nitrogen and oxygen atoms in total.